The number of ether oxygens (including phenoxy) is 1. The summed E-state index contributed by atoms with van der Waals surface area (Å²) >= 11 is 6.12. The molecule has 0 radical (unpaired) electrons. The van der Waals surface area contributed by atoms with Gasteiger partial charge in [-0.2, -0.15) is 0 Å². The van der Waals surface area contributed by atoms with Crippen molar-refractivity contribution in [2.75, 3.05) is 33.3 Å². The maximum absolute atomic E-state index is 6.12. The fourth-order valence-corrected chi connectivity index (χ4v) is 3.64. The summed E-state index contributed by atoms with van der Waals surface area (Å²) in [6.07, 6.45) is 5.52. The lowest BCUT2D eigenvalue weighted by Crippen LogP contribution is -2.47. The summed E-state index contributed by atoms with van der Waals surface area (Å²) in [6, 6.07) is 5.96. The normalized spacial score (nSPS) is 16.6. The monoisotopic (exact) mass is 362 g/mol. The van der Waals surface area contributed by atoms with Gasteiger partial charge in [-0.3, -0.25) is 4.99 Å². The number of halogens is 1. The Morgan fingerprint density at radius 1 is 1.40 bits per heavy atom. The molecule has 6 heteroatoms. The zero-order valence-corrected chi connectivity index (χ0v) is 15.8. The van der Waals surface area contributed by atoms with Crippen LogP contribution in [0.1, 0.15) is 25.3 Å². The topological polar surface area (TPSA) is 52.6 Å². The molecule has 2 aromatic rings. The standard InChI is InChI=1S/C19H27ClN4O/c1-3-25-16-7-10-24(11-8-16)19(21-2)22-9-6-14-13-23-18-5-4-15(20)12-17(14)18/h4-5,12-13,16,23H,3,6-11H2,1-2H3,(H,21,22). The molecule has 2 heterocycles. The van der Waals surface area contributed by atoms with Crippen molar-refractivity contribution in [3.63, 3.8) is 0 Å². The number of nitrogens with zero attached hydrogens (tertiary/aromatic N) is 2. The molecule has 0 bridgehead atoms. The van der Waals surface area contributed by atoms with Gasteiger partial charge in [0.1, 0.15) is 0 Å². The van der Waals surface area contributed by atoms with E-state index in [4.69, 9.17) is 16.3 Å². The number of aromatic nitrogens is 1. The molecule has 3 rings (SSSR count). The van der Waals surface area contributed by atoms with E-state index in [1.54, 1.807) is 0 Å². The molecular weight excluding hydrogens is 336 g/mol. The molecule has 0 saturated carbocycles. The number of aromatic amines is 1. The molecule has 1 fully saturated rings. The van der Waals surface area contributed by atoms with Gasteiger partial charge in [-0.25, -0.2) is 0 Å². The van der Waals surface area contributed by atoms with E-state index in [1.807, 2.05) is 25.2 Å². The number of piperidine rings is 1. The molecule has 136 valence electrons. The van der Waals surface area contributed by atoms with Crippen molar-refractivity contribution in [2.45, 2.75) is 32.3 Å². The largest absolute Gasteiger partial charge is 0.378 e. The molecule has 0 aliphatic carbocycles. The van der Waals surface area contributed by atoms with E-state index in [-0.39, 0.29) is 0 Å². The third kappa shape index (κ3) is 4.47. The van der Waals surface area contributed by atoms with Crippen LogP contribution in [0.4, 0.5) is 0 Å². The van der Waals surface area contributed by atoms with Crippen LogP contribution in [-0.4, -0.2) is 55.2 Å². The van der Waals surface area contributed by atoms with Crippen molar-refractivity contribution >= 4 is 28.5 Å². The number of hydrogen-bond acceptors (Lipinski definition) is 2. The first-order chi connectivity index (χ1) is 12.2. The van der Waals surface area contributed by atoms with Gasteiger partial charge in [-0.05, 0) is 49.9 Å². The highest BCUT2D eigenvalue weighted by Gasteiger charge is 2.21. The first-order valence-electron chi connectivity index (χ1n) is 9.04. The van der Waals surface area contributed by atoms with E-state index in [0.717, 1.165) is 62.0 Å². The number of fused-ring (bicyclic) bond motifs is 1. The van der Waals surface area contributed by atoms with Crippen LogP contribution in [0.25, 0.3) is 10.9 Å². The quantitative estimate of drug-likeness (QED) is 0.632. The second-order valence-corrected chi connectivity index (χ2v) is 6.81. The summed E-state index contributed by atoms with van der Waals surface area (Å²) < 4.78 is 5.72. The van der Waals surface area contributed by atoms with Crippen LogP contribution in [-0.2, 0) is 11.2 Å². The summed E-state index contributed by atoms with van der Waals surface area (Å²) in [5.74, 6) is 0.979. The fourth-order valence-electron chi connectivity index (χ4n) is 3.47. The molecular formula is C19H27ClN4O. The van der Waals surface area contributed by atoms with Gasteiger partial charge in [0, 0.05) is 55.4 Å². The van der Waals surface area contributed by atoms with Crippen LogP contribution in [0, 0.1) is 0 Å². The van der Waals surface area contributed by atoms with Crippen molar-refractivity contribution in [1.29, 1.82) is 0 Å². The molecule has 1 aromatic heterocycles. The summed E-state index contributed by atoms with van der Waals surface area (Å²) in [5, 5.41) is 5.46. The number of guanidine groups is 1. The maximum atomic E-state index is 6.12. The summed E-state index contributed by atoms with van der Waals surface area (Å²) in [7, 11) is 1.85. The van der Waals surface area contributed by atoms with Gasteiger partial charge in [0.25, 0.3) is 0 Å². The van der Waals surface area contributed by atoms with Crippen molar-refractivity contribution in [1.82, 2.24) is 15.2 Å². The average Bonchev–Trinajstić information content (AvgIpc) is 3.02. The van der Waals surface area contributed by atoms with Crippen LogP contribution >= 0.6 is 11.6 Å². The molecule has 0 amide bonds. The minimum atomic E-state index is 0.398. The number of H-pyrrole nitrogens is 1. The summed E-state index contributed by atoms with van der Waals surface area (Å²) in [5.41, 5.74) is 2.40. The smallest absolute Gasteiger partial charge is 0.193 e. The van der Waals surface area contributed by atoms with E-state index < -0.39 is 0 Å². The fraction of sp³-hybridized carbons (Fsp3) is 0.526. The van der Waals surface area contributed by atoms with Crippen molar-refractivity contribution in [2.24, 2.45) is 4.99 Å². The Morgan fingerprint density at radius 3 is 2.92 bits per heavy atom. The lowest BCUT2D eigenvalue weighted by Gasteiger charge is -2.34. The van der Waals surface area contributed by atoms with Gasteiger partial charge in [-0.1, -0.05) is 11.6 Å². The SMILES string of the molecule is CCOC1CCN(C(=NC)NCCc2c[nH]c3ccc(Cl)cc23)CC1. The maximum Gasteiger partial charge on any atom is 0.193 e. The molecule has 1 aliphatic heterocycles. The molecule has 2 N–H and O–H groups in total. The highest BCUT2D eigenvalue weighted by Crippen LogP contribution is 2.22. The molecule has 0 atom stereocenters. The summed E-state index contributed by atoms with van der Waals surface area (Å²) in [4.78, 5) is 10.1. The number of aliphatic imine (C=N–C) groups is 1. The van der Waals surface area contributed by atoms with E-state index in [1.165, 1.54) is 10.9 Å². The Morgan fingerprint density at radius 2 is 2.20 bits per heavy atom. The molecule has 1 saturated heterocycles. The predicted octanol–water partition coefficient (Wildman–Crippen LogP) is 3.44. The van der Waals surface area contributed by atoms with Crippen LogP contribution in [0.15, 0.2) is 29.4 Å². The van der Waals surface area contributed by atoms with Gasteiger partial charge in [0.05, 0.1) is 6.10 Å². The molecule has 0 spiro atoms. The zero-order chi connectivity index (χ0) is 17.6. The Bertz CT molecular complexity index is 719. The first kappa shape index (κ1) is 18.1. The van der Waals surface area contributed by atoms with Gasteiger partial charge in [-0.15, -0.1) is 0 Å². The Labute approximate surface area is 154 Å². The average molecular weight is 363 g/mol. The van der Waals surface area contributed by atoms with Gasteiger partial charge in [0.15, 0.2) is 5.96 Å². The van der Waals surface area contributed by atoms with Crippen LogP contribution < -0.4 is 5.32 Å². The Balaban J connectivity index is 1.52. The predicted molar refractivity (Wildman–Crippen MR) is 105 cm³/mol. The molecule has 1 aliphatic rings. The highest BCUT2D eigenvalue weighted by atomic mass is 35.5. The van der Waals surface area contributed by atoms with Crippen LogP contribution in [0.2, 0.25) is 5.02 Å². The third-order valence-electron chi connectivity index (χ3n) is 4.76. The molecule has 1 aromatic carbocycles. The van der Waals surface area contributed by atoms with Crippen molar-refractivity contribution < 1.29 is 4.74 Å². The number of hydrogen-bond donors (Lipinski definition) is 2. The number of rotatable bonds is 5. The molecule has 25 heavy (non-hydrogen) atoms. The van der Waals surface area contributed by atoms with E-state index >= 15 is 0 Å². The summed E-state index contributed by atoms with van der Waals surface area (Å²) in [6.45, 7) is 5.69. The van der Waals surface area contributed by atoms with Crippen molar-refractivity contribution in [3.05, 3.63) is 35.0 Å². The van der Waals surface area contributed by atoms with E-state index in [0.29, 0.717) is 6.10 Å². The van der Waals surface area contributed by atoms with Crippen molar-refractivity contribution in [3.8, 4) is 0 Å². The van der Waals surface area contributed by atoms with Crippen LogP contribution in [0.5, 0.6) is 0 Å². The minimum absolute atomic E-state index is 0.398. The number of likely N-dealkylation sites (tertiary alicyclic amines) is 1. The number of benzene rings is 1. The molecule has 0 unspecified atom stereocenters. The highest BCUT2D eigenvalue weighted by molar-refractivity contribution is 6.31. The van der Waals surface area contributed by atoms with Gasteiger partial charge < -0.3 is 19.9 Å². The van der Waals surface area contributed by atoms with Gasteiger partial charge in [0.2, 0.25) is 0 Å². The van der Waals surface area contributed by atoms with E-state index in [2.05, 4.69) is 33.3 Å². The first-order valence-corrected chi connectivity index (χ1v) is 9.41. The second-order valence-electron chi connectivity index (χ2n) is 6.37. The van der Waals surface area contributed by atoms with Gasteiger partial charge >= 0.3 is 0 Å². The Hall–Kier alpha value is -1.72. The Kier molecular flexibility index (Phi) is 6.21. The minimum Gasteiger partial charge on any atom is -0.378 e. The third-order valence-corrected chi connectivity index (χ3v) is 5.00. The second kappa shape index (κ2) is 8.59. The molecule has 5 nitrogen and oxygen atoms in total. The lowest BCUT2D eigenvalue weighted by atomic mass is 10.1. The number of nitrogens with one attached hydrogen (secondary N) is 2. The lowest BCUT2D eigenvalue weighted by molar-refractivity contribution is 0.0264. The van der Waals surface area contributed by atoms with E-state index in [9.17, 15) is 0 Å². The zero-order valence-electron chi connectivity index (χ0n) is 15.0. The van der Waals surface area contributed by atoms with Crippen LogP contribution in [0.3, 0.4) is 0 Å².